The van der Waals surface area contributed by atoms with Crippen LogP contribution in [0.25, 0.3) is 0 Å². The van der Waals surface area contributed by atoms with Crippen LogP contribution in [0.15, 0.2) is 34.7 Å². The first kappa shape index (κ1) is 30.9. The van der Waals surface area contributed by atoms with E-state index in [1.54, 1.807) is 50.5 Å². The number of nitrogens with zero attached hydrogens (tertiary/aromatic N) is 2. The highest BCUT2D eigenvalue weighted by Gasteiger charge is 2.41. The van der Waals surface area contributed by atoms with E-state index in [-0.39, 0.29) is 27.7 Å². The topological polar surface area (TPSA) is 96.2 Å². The number of pyridine rings is 1. The fraction of sp³-hybridized carbons (Fsp3) is 0.478. The highest BCUT2D eigenvalue weighted by atomic mass is 127. The highest BCUT2D eigenvalue weighted by Crippen LogP contribution is 2.36. The van der Waals surface area contributed by atoms with E-state index < -0.39 is 34.1 Å². The van der Waals surface area contributed by atoms with Gasteiger partial charge in [-0.2, -0.15) is 13.2 Å². The van der Waals surface area contributed by atoms with Crippen LogP contribution in [0.3, 0.4) is 0 Å². The molecular weight excluding hydrogens is 636 g/mol. The molecule has 2 rings (SSSR count). The first-order chi connectivity index (χ1) is 16.7. The average molecular weight is 663 g/mol. The molecule has 2 atom stereocenters. The molecule has 1 aromatic carbocycles. The largest absolute Gasteiger partial charge is 0.591 e. The first-order valence-corrected chi connectivity index (χ1v) is 13.2. The second kappa shape index (κ2) is 13.5. The first-order valence-electron chi connectivity index (χ1n) is 10.6. The molecule has 0 saturated heterocycles. The molecule has 200 valence electrons. The van der Waals surface area contributed by atoms with Crippen molar-refractivity contribution in [2.24, 2.45) is 4.40 Å². The number of benzene rings is 1. The number of aliphatic hydroxyl groups is 1. The Morgan fingerprint density at radius 2 is 1.89 bits per heavy atom. The summed E-state index contributed by atoms with van der Waals surface area (Å²) in [6.07, 6.45) is -7.36. The molecule has 0 aliphatic carbocycles. The molecule has 0 amide bonds. The number of halogens is 5. The molecule has 0 saturated carbocycles. The lowest BCUT2D eigenvalue weighted by Gasteiger charge is -2.20. The van der Waals surface area contributed by atoms with Crippen LogP contribution in [-0.2, 0) is 22.7 Å². The molecule has 0 radical (unpaired) electrons. The van der Waals surface area contributed by atoms with Crippen LogP contribution in [0.5, 0.6) is 11.5 Å². The second-order valence-electron chi connectivity index (χ2n) is 8.55. The minimum atomic E-state index is -4.88. The maximum absolute atomic E-state index is 12.8. The third-order valence-electron chi connectivity index (χ3n) is 4.58. The fourth-order valence-electron chi connectivity index (χ4n) is 2.58. The Balaban J connectivity index is 2.09. The van der Waals surface area contributed by atoms with Crippen molar-refractivity contribution in [3.05, 3.63) is 50.3 Å². The molecule has 13 heteroatoms. The van der Waals surface area contributed by atoms with Crippen molar-refractivity contribution in [2.45, 2.75) is 50.8 Å². The van der Waals surface area contributed by atoms with Crippen molar-refractivity contribution < 1.29 is 37.0 Å². The second-order valence-corrected chi connectivity index (χ2v) is 12.0. The summed E-state index contributed by atoms with van der Waals surface area (Å²) in [7, 11) is 1.58. The molecule has 0 aliphatic rings. The van der Waals surface area contributed by atoms with Crippen LogP contribution in [0, 0.1) is 3.57 Å². The van der Waals surface area contributed by atoms with Gasteiger partial charge >= 0.3 is 6.18 Å². The van der Waals surface area contributed by atoms with Crippen LogP contribution in [-0.4, -0.2) is 51.6 Å². The van der Waals surface area contributed by atoms with E-state index in [0.717, 1.165) is 17.4 Å². The molecule has 36 heavy (non-hydrogen) atoms. The zero-order valence-electron chi connectivity index (χ0n) is 20.1. The number of methoxy groups -OCH3 is 1. The third-order valence-corrected chi connectivity index (χ3v) is 7.11. The van der Waals surface area contributed by atoms with Gasteiger partial charge in [0.1, 0.15) is 34.2 Å². The summed E-state index contributed by atoms with van der Waals surface area (Å²) < 4.78 is 71.5. The van der Waals surface area contributed by atoms with Crippen molar-refractivity contribution in [1.82, 2.24) is 4.98 Å². The lowest BCUT2D eigenvalue weighted by molar-refractivity contribution is -0.208. The van der Waals surface area contributed by atoms with E-state index in [1.165, 1.54) is 0 Å². The van der Waals surface area contributed by atoms with Crippen LogP contribution in [0.4, 0.5) is 13.2 Å². The summed E-state index contributed by atoms with van der Waals surface area (Å²) in [4.78, 5) is 3.63. The minimum Gasteiger partial charge on any atom is -0.591 e. The van der Waals surface area contributed by atoms with E-state index in [0.29, 0.717) is 18.7 Å². The summed E-state index contributed by atoms with van der Waals surface area (Å²) in [5.74, 6) is 0.766. The van der Waals surface area contributed by atoms with Crippen LogP contribution in [0.2, 0.25) is 5.15 Å². The van der Waals surface area contributed by atoms with Gasteiger partial charge in [0, 0.05) is 6.42 Å². The molecule has 0 fully saturated rings. The van der Waals surface area contributed by atoms with Crippen molar-refractivity contribution in [3.63, 3.8) is 0 Å². The fourth-order valence-corrected chi connectivity index (χ4v) is 4.38. The monoisotopic (exact) mass is 662 g/mol. The zero-order chi connectivity index (χ0) is 27.1. The van der Waals surface area contributed by atoms with E-state index in [9.17, 15) is 22.8 Å². The summed E-state index contributed by atoms with van der Waals surface area (Å²) in [5, 5.41) is 9.12. The van der Waals surface area contributed by atoms with E-state index >= 15 is 0 Å². The van der Waals surface area contributed by atoms with Gasteiger partial charge in [0.25, 0.3) is 0 Å². The molecule has 1 N–H and O–H groups in total. The number of hydrogen-bond donors (Lipinski definition) is 1. The molecular formula is C23H27ClF3IN2O5S. The minimum absolute atomic E-state index is 0.0313. The number of alkyl halides is 3. The lowest BCUT2D eigenvalue weighted by atomic mass is 10.2. The van der Waals surface area contributed by atoms with Crippen LogP contribution in [0.1, 0.15) is 44.6 Å². The summed E-state index contributed by atoms with van der Waals surface area (Å²) in [6.45, 7) is 5.80. The Kier molecular flexibility index (Phi) is 11.6. The van der Waals surface area contributed by atoms with Crippen LogP contribution >= 0.6 is 34.2 Å². The summed E-state index contributed by atoms with van der Waals surface area (Å²) >= 11 is 6.23. The molecule has 2 unspecified atom stereocenters. The number of aliphatic hydroxyl groups excluding tert-OH is 1. The maximum atomic E-state index is 12.8. The SMILES string of the molecule is COc1ccc(COCCC(COc2c(I)cc(C(O)C(F)(F)F)nc2Cl)=N[S+]([O-])C(C)(C)C)cc1. The molecule has 7 nitrogen and oxygen atoms in total. The number of rotatable bonds is 11. The van der Waals surface area contributed by atoms with Gasteiger partial charge in [-0.15, -0.1) is 0 Å². The van der Waals surface area contributed by atoms with Gasteiger partial charge < -0.3 is 23.9 Å². The predicted octanol–water partition coefficient (Wildman–Crippen LogP) is 5.83. The molecule has 1 aromatic heterocycles. The van der Waals surface area contributed by atoms with Crippen molar-refractivity contribution in [3.8, 4) is 11.5 Å². The van der Waals surface area contributed by atoms with Gasteiger partial charge in [-0.3, -0.25) is 0 Å². The average Bonchev–Trinajstić information content (AvgIpc) is 2.79. The lowest BCUT2D eigenvalue weighted by Crippen LogP contribution is -2.28. The normalized spacial score (nSPS) is 14.5. The number of aromatic nitrogens is 1. The smallest absolute Gasteiger partial charge is 0.420 e. The molecule has 0 spiro atoms. The molecule has 2 aromatic rings. The number of hydrogen-bond acceptors (Lipinski definition) is 7. The van der Waals surface area contributed by atoms with Crippen molar-refractivity contribution in [2.75, 3.05) is 20.3 Å². The van der Waals surface area contributed by atoms with Crippen molar-refractivity contribution in [1.29, 1.82) is 0 Å². The Labute approximate surface area is 229 Å². The molecule has 1 heterocycles. The Bertz CT molecular complexity index is 1010. The van der Waals surface area contributed by atoms with E-state index in [4.69, 9.17) is 25.8 Å². The van der Waals surface area contributed by atoms with Gasteiger partial charge in [-0.05, 0) is 67.1 Å². The maximum Gasteiger partial charge on any atom is 0.420 e. The summed E-state index contributed by atoms with van der Waals surface area (Å²) in [6, 6.07) is 8.44. The van der Waals surface area contributed by atoms with Gasteiger partial charge in [0.05, 0.1) is 29.6 Å². The Morgan fingerprint density at radius 1 is 1.25 bits per heavy atom. The third kappa shape index (κ3) is 9.53. The van der Waals surface area contributed by atoms with Gasteiger partial charge in [0.15, 0.2) is 17.0 Å². The van der Waals surface area contributed by atoms with E-state index in [1.807, 2.05) is 24.3 Å². The quantitative estimate of drug-likeness (QED) is 0.107. The predicted molar refractivity (Wildman–Crippen MR) is 141 cm³/mol. The van der Waals surface area contributed by atoms with Gasteiger partial charge in [0.2, 0.25) is 0 Å². The Hall–Kier alpha value is -1.32. The zero-order valence-corrected chi connectivity index (χ0v) is 23.8. The van der Waals surface area contributed by atoms with Crippen LogP contribution < -0.4 is 9.47 Å². The van der Waals surface area contributed by atoms with Crippen molar-refractivity contribution >= 4 is 51.3 Å². The highest BCUT2D eigenvalue weighted by molar-refractivity contribution is 14.1. The van der Waals surface area contributed by atoms with E-state index in [2.05, 4.69) is 9.38 Å². The van der Waals surface area contributed by atoms with Gasteiger partial charge in [-0.1, -0.05) is 28.1 Å². The Morgan fingerprint density at radius 3 is 2.42 bits per heavy atom. The number of ether oxygens (including phenoxy) is 3. The summed E-state index contributed by atoms with van der Waals surface area (Å²) in [5.41, 5.74) is 0.723. The molecule has 0 bridgehead atoms. The molecule has 0 aliphatic heterocycles. The van der Waals surface area contributed by atoms with Gasteiger partial charge in [-0.25, -0.2) is 4.98 Å². The standard InChI is InChI=1S/C23H27ClF3IN2O5S/c1-22(2,3)36(32)30-15(9-10-34-12-14-5-7-16(33-4)8-6-14)13-35-19-17(28)11-18(29-21(19)24)20(31)23(25,26)27/h5-8,11,20,31H,9-10,12-13H2,1-4H3.